The van der Waals surface area contributed by atoms with Crippen LogP contribution in [0.5, 0.6) is 5.75 Å². The highest BCUT2D eigenvalue weighted by atomic mass is 16.5. The molecule has 27 heavy (non-hydrogen) atoms. The van der Waals surface area contributed by atoms with Crippen LogP contribution in [-0.4, -0.2) is 31.5 Å². The Bertz CT molecular complexity index is 801. The van der Waals surface area contributed by atoms with Crippen LogP contribution in [0.15, 0.2) is 48.5 Å². The van der Waals surface area contributed by atoms with E-state index in [2.05, 4.69) is 24.4 Å². The molecule has 0 radical (unpaired) electrons. The van der Waals surface area contributed by atoms with E-state index >= 15 is 0 Å². The summed E-state index contributed by atoms with van der Waals surface area (Å²) in [5.74, 6) is 0.282. The zero-order chi connectivity index (χ0) is 19.2. The zero-order valence-electron chi connectivity index (χ0n) is 15.9. The summed E-state index contributed by atoms with van der Waals surface area (Å²) in [6.07, 6.45) is 3.00. The highest BCUT2D eigenvalue weighted by molar-refractivity contribution is 5.98. The molecular weight excluding hydrogens is 340 g/mol. The molecule has 0 fully saturated rings. The summed E-state index contributed by atoms with van der Waals surface area (Å²) < 4.78 is 5.76. The van der Waals surface area contributed by atoms with Crippen molar-refractivity contribution in [3.05, 3.63) is 59.7 Å². The van der Waals surface area contributed by atoms with E-state index in [1.54, 1.807) is 18.0 Å². The van der Waals surface area contributed by atoms with E-state index in [4.69, 9.17) is 4.74 Å². The third-order valence-corrected chi connectivity index (χ3v) is 4.81. The molecule has 2 aromatic rings. The number of hydrogen-bond acceptors (Lipinski definition) is 3. The maximum Gasteiger partial charge on any atom is 0.262 e. The van der Waals surface area contributed by atoms with Gasteiger partial charge in [-0.25, -0.2) is 0 Å². The van der Waals surface area contributed by atoms with Gasteiger partial charge in [0, 0.05) is 7.05 Å². The van der Waals surface area contributed by atoms with Crippen LogP contribution in [0.25, 0.3) is 0 Å². The maximum atomic E-state index is 13.0. The first-order chi connectivity index (χ1) is 13.1. The van der Waals surface area contributed by atoms with E-state index in [1.165, 1.54) is 18.4 Å². The van der Waals surface area contributed by atoms with Gasteiger partial charge in [0.2, 0.25) is 5.91 Å². The molecule has 142 valence electrons. The van der Waals surface area contributed by atoms with Gasteiger partial charge in [-0.2, -0.15) is 0 Å². The highest BCUT2D eigenvalue weighted by Gasteiger charge is 2.33. The summed E-state index contributed by atoms with van der Waals surface area (Å²) >= 11 is 0. The maximum absolute atomic E-state index is 13.0. The van der Waals surface area contributed by atoms with Crippen molar-refractivity contribution in [1.29, 1.82) is 0 Å². The summed E-state index contributed by atoms with van der Waals surface area (Å²) in [5.41, 5.74) is 2.98. The SMILES string of the molecule is CCCCc1ccc(CC(=O)N2CC(C(=O)NC)Oc3ccccc32)cc1. The molecular formula is C22H26N2O3. The minimum absolute atomic E-state index is 0.0408. The molecule has 0 aliphatic carbocycles. The second-order valence-corrected chi connectivity index (χ2v) is 6.79. The van der Waals surface area contributed by atoms with Gasteiger partial charge in [0.1, 0.15) is 5.75 Å². The van der Waals surface area contributed by atoms with Crippen molar-refractivity contribution in [3.63, 3.8) is 0 Å². The van der Waals surface area contributed by atoms with Gasteiger partial charge < -0.3 is 15.0 Å². The fourth-order valence-corrected chi connectivity index (χ4v) is 3.24. The molecule has 1 unspecified atom stereocenters. The summed E-state index contributed by atoms with van der Waals surface area (Å²) in [7, 11) is 1.57. The molecule has 1 aliphatic heterocycles. The zero-order valence-corrected chi connectivity index (χ0v) is 15.9. The first-order valence-corrected chi connectivity index (χ1v) is 9.47. The minimum atomic E-state index is -0.703. The summed E-state index contributed by atoms with van der Waals surface area (Å²) in [6.45, 7) is 2.39. The first-order valence-electron chi connectivity index (χ1n) is 9.47. The molecule has 1 N–H and O–H groups in total. The molecule has 0 spiro atoms. The molecule has 0 saturated carbocycles. The highest BCUT2D eigenvalue weighted by Crippen LogP contribution is 2.33. The number of para-hydroxylation sites is 2. The molecule has 1 atom stereocenters. The van der Waals surface area contributed by atoms with Gasteiger partial charge in [0.15, 0.2) is 6.10 Å². The molecule has 0 saturated heterocycles. The van der Waals surface area contributed by atoms with Crippen molar-refractivity contribution >= 4 is 17.5 Å². The van der Waals surface area contributed by atoms with E-state index in [0.29, 0.717) is 17.9 Å². The topological polar surface area (TPSA) is 58.6 Å². The van der Waals surface area contributed by atoms with Crippen LogP contribution < -0.4 is 15.0 Å². The predicted octanol–water partition coefficient (Wildman–Crippen LogP) is 3.11. The fraction of sp³-hybridized carbons (Fsp3) is 0.364. The van der Waals surface area contributed by atoms with E-state index in [-0.39, 0.29) is 18.4 Å². The quantitative estimate of drug-likeness (QED) is 0.855. The number of carbonyl (C=O) groups excluding carboxylic acids is 2. The number of carbonyl (C=O) groups is 2. The molecule has 5 nitrogen and oxygen atoms in total. The molecule has 0 bridgehead atoms. The number of fused-ring (bicyclic) bond motifs is 1. The Hall–Kier alpha value is -2.82. The largest absolute Gasteiger partial charge is 0.477 e. The molecule has 5 heteroatoms. The summed E-state index contributed by atoms with van der Waals surface area (Å²) in [4.78, 5) is 26.7. The Morgan fingerprint density at radius 1 is 1.11 bits per heavy atom. The van der Waals surface area contributed by atoms with Gasteiger partial charge in [-0.05, 0) is 36.1 Å². The Morgan fingerprint density at radius 2 is 1.81 bits per heavy atom. The number of ether oxygens (including phenoxy) is 1. The van der Waals surface area contributed by atoms with E-state index in [0.717, 1.165) is 12.0 Å². The number of benzene rings is 2. The monoisotopic (exact) mass is 366 g/mol. The van der Waals surface area contributed by atoms with Crippen molar-refractivity contribution in [2.45, 2.75) is 38.7 Å². The van der Waals surface area contributed by atoms with Gasteiger partial charge in [0.05, 0.1) is 18.7 Å². The number of anilines is 1. The van der Waals surface area contributed by atoms with E-state index in [9.17, 15) is 9.59 Å². The Labute approximate surface area is 160 Å². The summed E-state index contributed by atoms with van der Waals surface area (Å²) in [6, 6.07) is 15.6. The lowest BCUT2D eigenvalue weighted by atomic mass is 10.0. The summed E-state index contributed by atoms with van der Waals surface area (Å²) in [5, 5.41) is 2.60. The normalized spacial score (nSPS) is 15.6. The van der Waals surface area contributed by atoms with E-state index in [1.807, 2.05) is 30.3 Å². The van der Waals surface area contributed by atoms with Crippen LogP contribution in [0.4, 0.5) is 5.69 Å². The van der Waals surface area contributed by atoms with Crippen molar-refractivity contribution in [2.75, 3.05) is 18.5 Å². The van der Waals surface area contributed by atoms with Crippen LogP contribution in [0, 0.1) is 0 Å². The van der Waals surface area contributed by atoms with Gasteiger partial charge in [0.25, 0.3) is 5.91 Å². The average Bonchev–Trinajstić information content (AvgIpc) is 2.71. The number of nitrogens with zero attached hydrogens (tertiary/aromatic N) is 1. The standard InChI is InChI=1S/C22H26N2O3/c1-3-4-7-16-10-12-17(13-11-16)14-21(25)24-15-20(22(26)23-2)27-19-9-6-5-8-18(19)24/h5-6,8-13,20H,3-4,7,14-15H2,1-2H3,(H,23,26). The van der Waals surface area contributed by atoms with Crippen molar-refractivity contribution in [2.24, 2.45) is 0 Å². The lowest BCUT2D eigenvalue weighted by Crippen LogP contribution is -2.50. The minimum Gasteiger partial charge on any atom is -0.477 e. The molecule has 0 aromatic heterocycles. The first kappa shape index (κ1) is 19.0. The lowest BCUT2D eigenvalue weighted by Gasteiger charge is -2.34. The van der Waals surface area contributed by atoms with Crippen molar-refractivity contribution in [3.8, 4) is 5.75 Å². The lowest BCUT2D eigenvalue weighted by molar-refractivity contribution is -0.127. The van der Waals surface area contributed by atoms with Crippen LogP contribution in [0.2, 0.25) is 0 Å². The third-order valence-electron chi connectivity index (χ3n) is 4.81. The van der Waals surface area contributed by atoms with Crippen molar-refractivity contribution < 1.29 is 14.3 Å². The third kappa shape index (κ3) is 4.48. The predicted molar refractivity (Wildman–Crippen MR) is 106 cm³/mol. The van der Waals surface area contributed by atoms with Crippen LogP contribution in [0.1, 0.15) is 30.9 Å². The van der Waals surface area contributed by atoms with Gasteiger partial charge in [-0.15, -0.1) is 0 Å². The number of aryl methyl sites for hydroxylation is 1. The molecule has 3 rings (SSSR count). The number of hydrogen-bond donors (Lipinski definition) is 1. The Balaban J connectivity index is 1.75. The van der Waals surface area contributed by atoms with Crippen LogP contribution >= 0.6 is 0 Å². The molecule has 1 heterocycles. The Morgan fingerprint density at radius 3 is 2.52 bits per heavy atom. The number of unbranched alkanes of at least 4 members (excludes halogenated alkanes) is 1. The Kier molecular flexibility index (Phi) is 6.12. The van der Waals surface area contributed by atoms with Gasteiger partial charge in [-0.3, -0.25) is 9.59 Å². The number of nitrogens with one attached hydrogen (secondary N) is 1. The van der Waals surface area contributed by atoms with Gasteiger partial charge in [-0.1, -0.05) is 49.7 Å². The average molecular weight is 366 g/mol. The second kappa shape index (κ2) is 8.71. The molecule has 1 aliphatic rings. The molecule has 2 amide bonds. The van der Waals surface area contributed by atoms with Crippen LogP contribution in [-0.2, 0) is 22.4 Å². The van der Waals surface area contributed by atoms with E-state index < -0.39 is 6.10 Å². The fourth-order valence-electron chi connectivity index (χ4n) is 3.24. The van der Waals surface area contributed by atoms with Crippen molar-refractivity contribution in [1.82, 2.24) is 5.32 Å². The number of rotatable bonds is 6. The van der Waals surface area contributed by atoms with Gasteiger partial charge >= 0.3 is 0 Å². The van der Waals surface area contributed by atoms with Crippen LogP contribution in [0.3, 0.4) is 0 Å². The molecule has 2 aromatic carbocycles. The second-order valence-electron chi connectivity index (χ2n) is 6.79. The number of amides is 2. The number of likely N-dealkylation sites (N-methyl/N-ethyl adjacent to an activating group) is 1. The smallest absolute Gasteiger partial charge is 0.262 e.